The number of aryl methyl sites for hydroxylation is 2. The molecule has 10 nitrogen and oxygen atoms in total. The zero-order chi connectivity index (χ0) is 27.1. The zero-order valence-corrected chi connectivity index (χ0v) is 22.5. The summed E-state index contributed by atoms with van der Waals surface area (Å²) in [6.07, 6.45) is 1.31. The Balaban J connectivity index is 1.42. The first-order valence-electron chi connectivity index (χ1n) is 12.0. The third-order valence-electron chi connectivity index (χ3n) is 5.56. The molecular formula is C26H28Cl2N8O2. The highest BCUT2D eigenvalue weighted by Crippen LogP contribution is 2.32. The van der Waals surface area contributed by atoms with Crippen molar-refractivity contribution in [2.45, 2.75) is 26.7 Å². The van der Waals surface area contributed by atoms with Gasteiger partial charge in [-0.05, 0) is 48.2 Å². The Labute approximate surface area is 230 Å². The summed E-state index contributed by atoms with van der Waals surface area (Å²) in [4.78, 5) is 28.7. The van der Waals surface area contributed by atoms with Crippen LogP contribution in [0.2, 0.25) is 10.0 Å². The molecule has 4 aromatic rings. The Bertz CT molecular complexity index is 1280. The van der Waals surface area contributed by atoms with Crippen LogP contribution in [-0.2, 0) is 22.5 Å². The molecule has 0 fully saturated rings. The van der Waals surface area contributed by atoms with Crippen molar-refractivity contribution in [2.75, 3.05) is 35.6 Å². The summed E-state index contributed by atoms with van der Waals surface area (Å²) in [7, 11) is 0. The number of hydrogen-bond donors (Lipinski definition) is 4. The molecule has 198 valence electrons. The van der Waals surface area contributed by atoms with Crippen LogP contribution in [0, 0.1) is 0 Å². The number of nitrogens with zero attached hydrogens (tertiary/aromatic N) is 4. The lowest BCUT2D eigenvalue weighted by Crippen LogP contribution is -2.16. The van der Waals surface area contributed by atoms with Crippen LogP contribution in [0.4, 0.5) is 23.5 Å². The molecule has 0 aliphatic heterocycles. The number of rotatable bonds is 11. The van der Waals surface area contributed by atoms with Crippen molar-refractivity contribution in [1.29, 1.82) is 0 Å². The molecule has 12 heteroatoms. The van der Waals surface area contributed by atoms with E-state index in [1.54, 1.807) is 24.3 Å². The Morgan fingerprint density at radius 2 is 1.00 bits per heavy atom. The van der Waals surface area contributed by atoms with Gasteiger partial charge >= 0.3 is 0 Å². The predicted molar refractivity (Wildman–Crippen MR) is 152 cm³/mol. The number of hydrogen-bond acceptors (Lipinski definition) is 10. The SMILES string of the molecule is CCc1nc(N)nc(NOCCONc2nc(N)nc(CC)c2-c2ccc(Cl)cc2)c1-c1ccc(Cl)cc1. The monoisotopic (exact) mass is 554 g/mol. The van der Waals surface area contributed by atoms with E-state index in [-0.39, 0.29) is 25.1 Å². The van der Waals surface area contributed by atoms with Crippen LogP contribution in [0.1, 0.15) is 25.2 Å². The molecule has 38 heavy (non-hydrogen) atoms. The minimum atomic E-state index is 0.145. The van der Waals surface area contributed by atoms with E-state index in [0.717, 1.165) is 33.6 Å². The van der Waals surface area contributed by atoms with Crippen molar-refractivity contribution in [2.24, 2.45) is 0 Å². The number of benzene rings is 2. The average molecular weight is 555 g/mol. The Hall–Kier alpha value is -3.70. The molecule has 0 radical (unpaired) electrons. The van der Waals surface area contributed by atoms with E-state index in [2.05, 4.69) is 30.9 Å². The van der Waals surface area contributed by atoms with Crippen LogP contribution >= 0.6 is 23.2 Å². The van der Waals surface area contributed by atoms with E-state index < -0.39 is 0 Å². The summed E-state index contributed by atoms with van der Waals surface area (Å²) in [6, 6.07) is 14.8. The third-order valence-corrected chi connectivity index (χ3v) is 6.07. The molecule has 2 heterocycles. The van der Waals surface area contributed by atoms with Gasteiger partial charge in [0.2, 0.25) is 11.9 Å². The molecule has 0 saturated carbocycles. The normalized spacial score (nSPS) is 10.9. The van der Waals surface area contributed by atoms with Gasteiger partial charge in [0.1, 0.15) is 13.2 Å². The quantitative estimate of drug-likeness (QED) is 0.137. The molecule has 0 atom stereocenters. The number of anilines is 4. The largest absolute Gasteiger partial charge is 0.368 e. The number of nitrogen functional groups attached to an aromatic ring is 2. The maximum Gasteiger partial charge on any atom is 0.222 e. The molecule has 0 aliphatic carbocycles. The van der Waals surface area contributed by atoms with Crippen molar-refractivity contribution in [1.82, 2.24) is 19.9 Å². The zero-order valence-electron chi connectivity index (χ0n) is 21.0. The van der Waals surface area contributed by atoms with Crippen molar-refractivity contribution in [3.05, 3.63) is 70.0 Å². The summed E-state index contributed by atoms with van der Waals surface area (Å²) in [6.45, 7) is 4.34. The molecule has 0 spiro atoms. The van der Waals surface area contributed by atoms with Crippen LogP contribution in [0.3, 0.4) is 0 Å². The molecule has 4 rings (SSSR count). The highest BCUT2D eigenvalue weighted by atomic mass is 35.5. The van der Waals surface area contributed by atoms with Gasteiger partial charge in [-0.15, -0.1) is 0 Å². The first-order valence-corrected chi connectivity index (χ1v) is 12.7. The maximum absolute atomic E-state index is 6.06. The third kappa shape index (κ3) is 6.59. The number of nitrogens with one attached hydrogen (secondary N) is 2. The fraction of sp³-hybridized carbons (Fsp3) is 0.231. The molecule has 0 aliphatic rings. The van der Waals surface area contributed by atoms with E-state index in [1.807, 2.05) is 38.1 Å². The minimum absolute atomic E-state index is 0.145. The highest BCUT2D eigenvalue weighted by Gasteiger charge is 2.16. The Morgan fingerprint density at radius 1 is 0.632 bits per heavy atom. The summed E-state index contributed by atoms with van der Waals surface area (Å²) in [5, 5.41) is 1.27. The summed E-state index contributed by atoms with van der Waals surface area (Å²) in [5.41, 5.74) is 22.5. The van der Waals surface area contributed by atoms with Gasteiger partial charge < -0.3 is 11.5 Å². The first kappa shape index (κ1) is 27.3. The standard InChI is InChI=1S/C26H28Cl2N8O2/c1-3-19-21(15-5-9-17(27)10-6-15)23(33-25(29)31-19)35-37-13-14-38-36-24-22(16-7-11-18(28)12-8-16)20(4-2)32-26(30)34-24/h5-12H,3-4,13-14H2,1-2H3,(H3,29,31,33,35)(H3,30,32,34,36). The average Bonchev–Trinajstić information content (AvgIpc) is 2.91. The molecule has 2 aromatic carbocycles. The van der Waals surface area contributed by atoms with Crippen LogP contribution in [0.5, 0.6) is 0 Å². The predicted octanol–water partition coefficient (Wildman–Crippen LogP) is 5.58. The molecule has 2 aromatic heterocycles. The van der Waals surface area contributed by atoms with Crippen LogP contribution in [-0.4, -0.2) is 33.1 Å². The summed E-state index contributed by atoms with van der Waals surface area (Å²) < 4.78 is 0. The number of halogens is 2. The Morgan fingerprint density at radius 3 is 1.34 bits per heavy atom. The van der Waals surface area contributed by atoms with Crippen LogP contribution in [0.25, 0.3) is 22.3 Å². The van der Waals surface area contributed by atoms with Gasteiger partial charge in [-0.1, -0.05) is 61.3 Å². The molecule has 6 N–H and O–H groups in total. The van der Waals surface area contributed by atoms with Crippen LogP contribution in [0.15, 0.2) is 48.5 Å². The van der Waals surface area contributed by atoms with Gasteiger partial charge in [-0.25, -0.2) is 20.9 Å². The number of aromatic nitrogens is 4. The van der Waals surface area contributed by atoms with Crippen LogP contribution < -0.4 is 22.4 Å². The van der Waals surface area contributed by atoms with Crippen molar-refractivity contribution in [3.8, 4) is 22.3 Å². The maximum atomic E-state index is 6.06. The molecule has 0 bridgehead atoms. The van der Waals surface area contributed by atoms with Gasteiger partial charge in [-0.3, -0.25) is 9.68 Å². The molecule has 0 saturated heterocycles. The van der Waals surface area contributed by atoms with Crippen molar-refractivity contribution >= 4 is 46.7 Å². The van der Waals surface area contributed by atoms with E-state index in [4.69, 9.17) is 44.3 Å². The fourth-order valence-electron chi connectivity index (χ4n) is 3.87. The first-order chi connectivity index (χ1) is 18.4. The van der Waals surface area contributed by atoms with E-state index in [9.17, 15) is 0 Å². The van der Waals surface area contributed by atoms with E-state index >= 15 is 0 Å². The molecular weight excluding hydrogens is 527 g/mol. The Kier molecular flexibility index (Phi) is 9.14. The van der Waals surface area contributed by atoms with Crippen molar-refractivity contribution < 1.29 is 9.68 Å². The van der Waals surface area contributed by atoms with Gasteiger partial charge in [0, 0.05) is 21.2 Å². The van der Waals surface area contributed by atoms with E-state index in [0.29, 0.717) is 34.5 Å². The second-order valence-electron chi connectivity index (χ2n) is 8.13. The lowest BCUT2D eigenvalue weighted by atomic mass is 10.0. The second kappa shape index (κ2) is 12.7. The van der Waals surface area contributed by atoms with Gasteiger partial charge in [0.05, 0.1) is 11.4 Å². The van der Waals surface area contributed by atoms with Gasteiger partial charge in [0.25, 0.3) is 0 Å². The summed E-state index contributed by atoms with van der Waals surface area (Å²) in [5.74, 6) is 1.19. The lowest BCUT2D eigenvalue weighted by molar-refractivity contribution is 0.0982. The number of nitrogens with two attached hydrogens (primary N) is 2. The summed E-state index contributed by atoms with van der Waals surface area (Å²) >= 11 is 12.1. The lowest BCUT2D eigenvalue weighted by Gasteiger charge is -2.16. The smallest absolute Gasteiger partial charge is 0.222 e. The second-order valence-corrected chi connectivity index (χ2v) is 9.00. The fourth-order valence-corrected chi connectivity index (χ4v) is 4.13. The topological polar surface area (TPSA) is 146 Å². The van der Waals surface area contributed by atoms with Crippen molar-refractivity contribution in [3.63, 3.8) is 0 Å². The molecule has 0 unspecified atom stereocenters. The highest BCUT2D eigenvalue weighted by molar-refractivity contribution is 6.31. The minimum Gasteiger partial charge on any atom is -0.368 e. The van der Waals surface area contributed by atoms with Gasteiger partial charge in [0.15, 0.2) is 11.6 Å². The van der Waals surface area contributed by atoms with Gasteiger partial charge in [-0.2, -0.15) is 9.97 Å². The van der Waals surface area contributed by atoms with E-state index in [1.165, 1.54) is 0 Å². The molecule has 0 amide bonds.